The minimum Gasteiger partial charge on any atom is -0.447 e. The van der Waals surface area contributed by atoms with Gasteiger partial charge in [0.1, 0.15) is 0 Å². The lowest BCUT2D eigenvalue weighted by atomic mass is 10.1. The summed E-state index contributed by atoms with van der Waals surface area (Å²) in [6.45, 7) is 4.00. The second-order valence-corrected chi connectivity index (χ2v) is 6.44. The first-order valence-electron chi connectivity index (χ1n) is 10.5. The number of esters is 1. The molecule has 2 aromatic rings. The summed E-state index contributed by atoms with van der Waals surface area (Å²) < 4.78 is 5.33. The van der Waals surface area contributed by atoms with Crippen LogP contribution < -0.4 is 10.6 Å². The molecule has 0 aliphatic heterocycles. The third-order valence-electron chi connectivity index (χ3n) is 3.99. The average Bonchev–Trinajstić information content (AvgIpc) is 3.64. The van der Waals surface area contributed by atoms with Crippen molar-refractivity contribution >= 4 is 11.9 Å². The highest BCUT2D eigenvalue weighted by Crippen LogP contribution is 2.24. The van der Waals surface area contributed by atoms with Crippen LogP contribution >= 0.6 is 0 Å². The zero-order valence-electron chi connectivity index (χ0n) is 18.4. The number of nitrogens with one attached hydrogen (secondary N) is 2. The number of ether oxygens (including phenoxy) is 1. The van der Waals surface area contributed by atoms with Crippen LogP contribution in [0.25, 0.3) is 0 Å². The summed E-state index contributed by atoms with van der Waals surface area (Å²) in [6.07, 6.45) is 4.22. The number of nitrogens with zero attached hydrogens (tertiary/aromatic N) is 1. The van der Waals surface area contributed by atoms with Gasteiger partial charge in [0.2, 0.25) is 6.10 Å². The van der Waals surface area contributed by atoms with Crippen molar-refractivity contribution in [3.8, 4) is 6.07 Å². The first-order valence-corrected chi connectivity index (χ1v) is 10.5. The van der Waals surface area contributed by atoms with Crippen LogP contribution in [0.15, 0.2) is 72.9 Å². The van der Waals surface area contributed by atoms with Crippen LogP contribution in [-0.2, 0) is 14.3 Å². The molecule has 1 aliphatic carbocycles. The molecule has 6 heteroatoms. The molecule has 1 fully saturated rings. The molecule has 0 aromatic heterocycles. The molecule has 1 aliphatic rings. The number of hydrogen-bond donors (Lipinski definition) is 2. The molecule has 0 saturated heterocycles. The highest BCUT2D eigenvalue weighted by atomic mass is 16.5. The minimum atomic E-state index is -1.00. The Hall–Kier alpha value is -3.59. The summed E-state index contributed by atoms with van der Waals surface area (Å²) in [4.78, 5) is 24.2. The Morgan fingerprint density at radius 2 is 1.65 bits per heavy atom. The maximum Gasteiger partial charge on any atom is 0.310 e. The van der Waals surface area contributed by atoms with Gasteiger partial charge in [0.15, 0.2) is 0 Å². The van der Waals surface area contributed by atoms with Gasteiger partial charge in [0.25, 0.3) is 5.91 Å². The van der Waals surface area contributed by atoms with Crippen LogP contribution in [0.4, 0.5) is 0 Å². The van der Waals surface area contributed by atoms with Crippen molar-refractivity contribution in [2.24, 2.45) is 0 Å². The van der Waals surface area contributed by atoms with Crippen LogP contribution in [0.1, 0.15) is 50.3 Å². The van der Waals surface area contributed by atoms with E-state index in [2.05, 4.69) is 10.6 Å². The molecule has 0 bridgehead atoms. The molecule has 0 radical (unpaired) electrons. The Morgan fingerprint density at radius 3 is 2.10 bits per heavy atom. The zero-order chi connectivity index (χ0) is 22.9. The lowest BCUT2D eigenvalue weighted by Gasteiger charge is -2.17. The maximum atomic E-state index is 12.3. The van der Waals surface area contributed by atoms with E-state index in [1.165, 1.54) is 0 Å². The highest BCUT2D eigenvalue weighted by molar-refractivity contribution is 5.85. The van der Waals surface area contributed by atoms with Crippen LogP contribution in [0.2, 0.25) is 0 Å². The van der Waals surface area contributed by atoms with Gasteiger partial charge in [-0.1, -0.05) is 68.5 Å². The van der Waals surface area contributed by atoms with E-state index >= 15 is 0 Å². The number of nitriles is 1. The molecule has 1 amide bonds. The van der Waals surface area contributed by atoms with E-state index in [0.29, 0.717) is 11.1 Å². The van der Waals surface area contributed by atoms with Gasteiger partial charge in [-0.15, -0.1) is 0 Å². The Labute approximate surface area is 184 Å². The van der Waals surface area contributed by atoms with E-state index in [-0.39, 0.29) is 18.4 Å². The van der Waals surface area contributed by atoms with E-state index in [9.17, 15) is 9.59 Å². The summed E-state index contributed by atoms with van der Waals surface area (Å²) in [5, 5.41) is 14.5. The fraction of sp³-hybridized carbons (Fsp3) is 0.320. The Balaban J connectivity index is 0.000000508. The zero-order valence-corrected chi connectivity index (χ0v) is 18.4. The van der Waals surface area contributed by atoms with E-state index < -0.39 is 12.1 Å². The Morgan fingerprint density at radius 1 is 1.10 bits per heavy atom. The second-order valence-electron chi connectivity index (χ2n) is 6.44. The fourth-order valence-electron chi connectivity index (χ4n) is 2.35. The summed E-state index contributed by atoms with van der Waals surface area (Å²) in [5.74, 6) is -0.819. The van der Waals surface area contributed by atoms with E-state index in [1.807, 2.05) is 56.3 Å². The maximum absolute atomic E-state index is 12.3. The molecular weight excluding hydrogens is 390 g/mol. The van der Waals surface area contributed by atoms with Gasteiger partial charge in [0, 0.05) is 18.7 Å². The smallest absolute Gasteiger partial charge is 0.310 e. The minimum absolute atomic E-state index is 0.0737. The van der Waals surface area contributed by atoms with Gasteiger partial charge in [-0.3, -0.25) is 9.59 Å². The molecule has 1 saturated carbocycles. The van der Waals surface area contributed by atoms with Crippen molar-refractivity contribution in [1.29, 1.82) is 5.26 Å². The number of benzene rings is 2. The Bertz CT molecular complexity index is 812. The standard InChI is InChI=1S/C17H19N3O3.C6H6.C2H6/c1-19-10-2-3-15(21)23-16(17(22)20-14-8-9-14)13-6-4-12(11-18)5-7-13;1-2-4-6-5-3-1;1-2/h2,4-7,10,14,16,19H,3,8-9H2,1H3,(H,20,22);1-6H;1-2H3/b10-2+;;. The van der Waals surface area contributed by atoms with Crippen molar-refractivity contribution in [2.45, 2.75) is 45.3 Å². The van der Waals surface area contributed by atoms with Gasteiger partial charge < -0.3 is 15.4 Å². The molecule has 0 spiro atoms. The number of rotatable bonds is 7. The lowest BCUT2D eigenvalue weighted by Crippen LogP contribution is -2.33. The molecule has 0 heterocycles. The monoisotopic (exact) mass is 421 g/mol. The lowest BCUT2D eigenvalue weighted by molar-refractivity contribution is -0.155. The predicted molar refractivity (Wildman–Crippen MR) is 122 cm³/mol. The quantitative estimate of drug-likeness (QED) is 0.652. The molecule has 1 unspecified atom stereocenters. The molecule has 2 N–H and O–H groups in total. The third-order valence-corrected chi connectivity index (χ3v) is 3.99. The van der Waals surface area contributed by atoms with Crippen molar-refractivity contribution < 1.29 is 14.3 Å². The van der Waals surface area contributed by atoms with E-state index in [0.717, 1.165) is 12.8 Å². The summed E-state index contributed by atoms with van der Waals surface area (Å²) >= 11 is 0. The molecule has 2 aromatic carbocycles. The number of carbonyl (C=O) groups excluding carboxylic acids is 2. The summed E-state index contributed by atoms with van der Waals surface area (Å²) in [7, 11) is 1.73. The van der Waals surface area contributed by atoms with Gasteiger partial charge in [-0.25, -0.2) is 0 Å². The summed E-state index contributed by atoms with van der Waals surface area (Å²) in [5.41, 5.74) is 1.03. The Kier molecular flexibility index (Phi) is 12.5. The molecular formula is C25H31N3O3. The molecule has 1 atom stereocenters. The van der Waals surface area contributed by atoms with Crippen molar-refractivity contribution in [3.63, 3.8) is 0 Å². The van der Waals surface area contributed by atoms with Gasteiger partial charge in [-0.05, 0) is 31.2 Å². The van der Waals surface area contributed by atoms with Crippen LogP contribution in [0.3, 0.4) is 0 Å². The number of amides is 1. The first kappa shape index (κ1) is 25.4. The van der Waals surface area contributed by atoms with Crippen molar-refractivity contribution in [3.05, 3.63) is 84.1 Å². The third kappa shape index (κ3) is 10.7. The van der Waals surface area contributed by atoms with Crippen molar-refractivity contribution in [2.75, 3.05) is 7.05 Å². The normalized spacial score (nSPS) is 12.7. The van der Waals surface area contributed by atoms with E-state index in [4.69, 9.17) is 10.00 Å². The van der Waals surface area contributed by atoms with Crippen molar-refractivity contribution in [1.82, 2.24) is 10.6 Å². The molecule has 3 rings (SSSR count). The largest absolute Gasteiger partial charge is 0.447 e. The number of hydrogen-bond acceptors (Lipinski definition) is 5. The van der Waals surface area contributed by atoms with E-state index in [1.54, 1.807) is 43.6 Å². The first-order chi connectivity index (χ1) is 15.1. The second kappa shape index (κ2) is 15.3. The number of carbonyl (C=O) groups is 2. The van der Waals surface area contributed by atoms with Gasteiger partial charge in [0.05, 0.1) is 18.1 Å². The summed E-state index contributed by atoms with van der Waals surface area (Å²) in [6, 6.07) is 20.6. The molecule has 6 nitrogen and oxygen atoms in total. The topological polar surface area (TPSA) is 91.2 Å². The average molecular weight is 422 g/mol. The van der Waals surface area contributed by atoms with Crippen LogP contribution in [0, 0.1) is 11.3 Å². The predicted octanol–water partition coefficient (Wildman–Crippen LogP) is 4.26. The van der Waals surface area contributed by atoms with Gasteiger partial charge >= 0.3 is 5.97 Å². The molecule has 164 valence electrons. The van der Waals surface area contributed by atoms with Crippen LogP contribution in [0.5, 0.6) is 0 Å². The highest BCUT2D eigenvalue weighted by Gasteiger charge is 2.30. The van der Waals surface area contributed by atoms with Crippen LogP contribution in [-0.4, -0.2) is 25.0 Å². The SMILES string of the molecule is CC.CN/C=C/CC(=O)OC(C(=O)NC1CC1)c1ccc(C#N)cc1.c1ccccc1. The fourth-order valence-corrected chi connectivity index (χ4v) is 2.35. The molecule has 31 heavy (non-hydrogen) atoms. The van der Waals surface area contributed by atoms with Gasteiger partial charge in [-0.2, -0.15) is 5.26 Å².